The molecule has 0 saturated heterocycles. The highest BCUT2D eigenvalue weighted by molar-refractivity contribution is 5.77. The highest BCUT2D eigenvalue weighted by atomic mass is 16.5. The van der Waals surface area contributed by atoms with E-state index in [0.29, 0.717) is 25.7 Å². The molecule has 0 aromatic rings. The van der Waals surface area contributed by atoms with Gasteiger partial charge in [-0.15, -0.1) is 0 Å². The number of unbranched alkanes of at least 4 members (excludes halogenated alkanes) is 28. The average Bonchev–Trinajstić information content (AvgIpc) is 3.30. The minimum absolute atomic E-state index is 0.0567. The van der Waals surface area contributed by atoms with Crippen molar-refractivity contribution in [1.82, 2.24) is 5.32 Å². The minimum atomic E-state index is -0.797. The number of amides is 1. The van der Waals surface area contributed by atoms with Crippen LogP contribution in [0.2, 0.25) is 0 Å². The Morgan fingerprint density at radius 3 is 1.20 bits per heavy atom. The van der Waals surface area contributed by atoms with Crippen LogP contribution in [0.4, 0.5) is 0 Å². The van der Waals surface area contributed by atoms with Crippen LogP contribution in [0.5, 0.6) is 0 Å². The van der Waals surface area contributed by atoms with E-state index in [2.05, 4.69) is 86.8 Å². The number of aliphatic hydroxyl groups excluding tert-OH is 2. The van der Waals surface area contributed by atoms with Gasteiger partial charge in [0.2, 0.25) is 5.91 Å². The molecule has 3 N–H and O–H groups in total. The number of nitrogens with one attached hydrogen (secondary N) is 1. The Kier molecular flexibility index (Phi) is 50.6. The number of hydrogen-bond donors (Lipinski definition) is 3. The van der Waals surface area contributed by atoms with E-state index in [1.54, 1.807) is 0 Å². The molecule has 0 radical (unpaired) electrons. The Morgan fingerprint density at radius 2 is 0.815 bits per heavy atom. The fraction of sp³-hybridized carbons (Fsp3) is 0.797. The molecule has 0 aromatic carbocycles. The van der Waals surface area contributed by atoms with Crippen molar-refractivity contribution in [3.63, 3.8) is 0 Å². The topological polar surface area (TPSA) is 95.9 Å². The van der Waals surface area contributed by atoms with Gasteiger partial charge in [0, 0.05) is 6.42 Å². The minimum Gasteiger partial charge on any atom is -0.462 e. The SMILES string of the molecule is CC/C=C\C/C=C\C/C=C\C/C=C\C/C=C\CCCC(=O)OC(CCCCCCCCCCCCCCCCC)CC(=O)NC(CO)C(O)CCCCCCCCCCCCCCCC. The van der Waals surface area contributed by atoms with Gasteiger partial charge in [0.25, 0.3) is 0 Å². The van der Waals surface area contributed by atoms with Crippen LogP contribution < -0.4 is 5.32 Å². The predicted octanol–water partition coefficient (Wildman–Crippen LogP) is 17.2. The van der Waals surface area contributed by atoms with Crippen LogP contribution in [0, 0.1) is 0 Å². The van der Waals surface area contributed by atoms with Crippen molar-refractivity contribution < 1.29 is 24.5 Å². The van der Waals surface area contributed by atoms with E-state index in [1.165, 1.54) is 148 Å². The number of esters is 1. The highest BCUT2D eigenvalue weighted by Gasteiger charge is 2.24. The van der Waals surface area contributed by atoms with Crippen LogP contribution in [0.25, 0.3) is 0 Å². The first-order valence-electron chi connectivity index (χ1n) is 28.0. The van der Waals surface area contributed by atoms with Crippen LogP contribution in [0.3, 0.4) is 0 Å². The molecule has 0 spiro atoms. The lowest BCUT2D eigenvalue weighted by Crippen LogP contribution is -2.46. The molecule has 0 aliphatic carbocycles. The molecular weight excluding hydrogens is 803 g/mol. The molecule has 0 fully saturated rings. The summed E-state index contributed by atoms with van der Waals surface area (Å²) in [4.78, 5) is 26.2. The fourth-order valence-electron chi connectivity index (χ4n) is 8.41. The molecule has 378 valence electrons. The molecule has 0 rings (SSSR count). The number of allylic oxidation sites excluding steroid dienone is 10. The molecule has 3 unspecified atom stereocenters. The second-order valence-corrected chi connectivity index (χ2v) is 19.0. The van der Waals surface area contributed by atoms with E-state index in [9.17, 15) is 19.8 Å². The van der Waals surface area contributed by atoms with Gasteiger partial charge in [0.1, 0.15) is 6.10 Å². The Labute approximate surface area is 403 Å². The lowest BCUT2D eigenvalue weighted by atomic mass is 10.0. The molecule has 0 aliphatic heterocycles. The normalized spacial score (nSPS) is 13.6. The predicted molar refractivity (Wildman–Crippen MR) is 282 cm³/mol. The summed E-state index contributed by atoms with van der Waals surface area (Å²) in [5.41, 5.74) is 0. The van der Waals surface area contributed by atoms with Crippen LogP contribution in [-0.2, 0) is 14.3 Å². The monoisotopic (exact) mass is 910 g/mol. The second kappa shape index (κ2) is 52.5. The summed E-state index contributed by atoms with van der Waals surface area (Å²) >= 11 is 0. The first-order chi connectivity index (χ1) is 32.0. The Hall–Kier alpha value is -2.44. The smallest absolute Gasteiger partial charge is 0.306 e. The number of hydrogen-bond acceptors (Lipinski definition) is 5. The van der Waals surface area contributed by atoms with Crippen molar-refractivity contribution >= 4 is 11.9 Å². The van der Waals surface area contributed by atoms with E-state index in [0.717, 1.165) is 77.0 Å². The molecule has 1 amide bonds. The number of rotatable bonds is 50. The summed E-state index contributed by atoms with van der Waals surface area (Å²) in [6.45, 7) is 6.38. The van der Waals surface area contributed by atoms with Gasteiger partial charge < -0.3 is 20.3 Å². The molecule has 0 aliphatic rings. The van der Waals surface area contributed by atoms with Gasteiger partial charge in [-0.3, -0.25) is 9.59 Å². The van der Waals surface area contributed by atoms with Crippen LogP contribution in [0.15, 0.2) is 60.8 Å². The Balaban J connectivity index is 4.64. The maximum absolute atomic E-state index is 13.2. The van der Waals surface area contributed by atoms with Gasteiger partial charge in [0.15, 0.2) is 0 Å². The molecule has 6 heteroatoms. The van der Waals surface area contributed by atoms with E-state index in [4.69, 9.17) is 4.74 Å². The molecule has 0 aromatic heterocycles. The number of ether oxygens (including phenoxy) is 1. The second-order valence-electron chi connectivity index (χ2n) is 19.0. The van der Waals surface area contributed by atoms with Crippen molar-refractivity contribution in [2.45, 2.75) is 296 Å². The quantitative estimate of drug-likeness (QED) is 0.0321. The Bertz CT molecular complexity index is 1160. The van der Waals surface area contributed by atoms with E-state index in [1.807, 2.05) is 0 Å². The molecule has 65 heavy (non-hydrogen) atoms. The molecule has 3 atom stereocenters. The zero-order valence-corrected chi connectivity index (χ0v) is 43.1. The van der Waals surface area contributed by atoms with Crippen molar-refractivity contribution in [3.8, 4) is 0 Å². The average molecular weight is 911 g/mol. The summed E-state index contributed by atoms with van der Waals surface area (Å²) in [6.07, 6.45) is 65.7. The van der Waals surface area contributed by atoms with Crippen LogP contribution >= 0.6 is 0 Å². The first kappa shape index (κ1) is 62.6. The summed E-state index contributed by atoms with van der Waals surface area (Å²) in [6, 6.07) is -0.713. The van der Waals surface area contributed by atoms with Gasteiger partial charge >= 0.3 is 5.97 Å². The van der Waals surface area contributed by atoms with Gasteiger partial charge in [-0.1, -0.05) is 261 Å². The van der Waals surface area contributed by atoms with Crippen molar-refractivity contribution in [3.05, 3.63) is 60.8 Å². The lowest BCUT2D eigenvalue weighted by molar-refractivity contribution is -0.151. The van der Waals surface area contributed by atoms with Crippen molar-refractivity contribution in [1.29, 1.82) is 0 Å². The third-order valence-electron chi connectivity index (χ3n) is 12.6. The van der Waals surface area contributed by atoms with Gasteiger partial charge in [-0.05, 0) is 64.2 Å². The number of aliphatic hydroxyl groups is 2. The van der Waals surface area contributed by atoms with Crippen molar-refractivity contribution in [2.75, 3.05) is 6.61 Å². The van der Waals surface area contributed by atoms with Crippen molar-refractivity contribution in [2.24, 2.45) is 0 Å². The third-order valence-corrected chi connectivity index (χ3v) is 12.6. The highest BCUT2D eigenvalue weighted by Crippen LogP contribution is 2.18. The number of carbonyl (C=O) groups excluding carboxylic acids is 2. The van der Waals surface area contributed by atoms with Gasteiger partial charge in [-0.2, -0.15) is 0 Å². The largest absolute Gasteiger partial charge is 0.462 e. The van der Waals surface area contributed by atoms with E-state index in [-0.39, 0.29) is 24.9 Å². The van der Waals surface area contributed by atoms with E-state index < -0.39 is 18.2 Å². The molecular formula is C59H107NO5. The van der Waals surface area contributed by atoms with Crippen LogP contribution in [0.1, 0.15) is 278 Å². The zero-order chi connectivity index (χ0) is 47.4. The number of carbonyl (C=O) groups is 2. The summed E-state index contributed by atoms with van der Waals surface area (Å²) < 4.78 is 5.93. The maximum atomic E-state index is 13.2. The summed E-state index contributed by atoms with van der Waals surface area (Å²) in [5, 5.41) is 23.8. The van der Waals surface area contributed by atoms with E-state index >= 15 is 0 Å². The molecule has 0 bridgehead atoms. The first-order valence-corrected chi connectivity index (χ1v) is 28.0. The summed E-state index contributed by atoms with van der Waals surface area (Å²) in [5.74, 6) is -0.533. The lowest BCUT2D eigenvalue weighted by Gasteiger charge is -2.24. The standard InChI is InChI=1S/C59H107NO5/c1-4-7-10-13-16-19-22-25-28-29-31-34-37-40-43-46-49-52-59(64)65-55(50-47-44-41-38-35-32-30-26-23-20-17-14-11-8-5-2)53-58(63)60-56(54-61)57(62)51-48-45-42-39-36-33-27-24-21-18-15-12-9-6-3/h7,10,16,19,25,28,31,34,40,43,55-57,61-62H,4-6,8-9,11-15,17-18,20-24,26-27,29-30,32-33,35-39,41-42,44-54H2,1-3H3,(H,60,63)/b10-7-,19-16-,28-25-,34-31-,43-40-. The fourth-order valence-corrected chi connectivity index (χ4v) is 8.41. The molecule has 0 saturated carbocycles. The molecule has 0 heterocycles. The van der Waals surface area contributed by atoms with Gasteiger partial charge in [0.05, 0.1) is 25.2 Å². The summed E-state index contributed by atoms with van der Waals surface area (Å²) in [7, 11) is 0. The Morgan fingerprint density at radius 1 is 0.462 bits per heavy atom. The third kappa shape index (κ3) is 47.8. The zero-order valence-electron chi connectivity index (χ0n) is 43.1. The molecule has 6 nitrogen and oxygen atoms in total. The van der Waals surface area contributed by atoms with Crippen LogP contribution in [-0.4, -0.2) is 46.9 Å². The van der Waals surface area contributed by atoms with Gasteiger partial charge in [-0.25, -0.2) is 0 Å². The maximum Gasteiger partial charge on any atom is 0.306 e.